The van der Waals surface area contributed by atoms with Gasteiger partial charge in [-0.05, 0) is 13.3 Å². The van der Waals surface area contributed by atoms with Crippen LogP contribution in [0.15, 0.2) is 0 Å². The minimum absolute atomic E-state index is 0.133. The molecule has 1 heterocycles. The predicted octanol–water partition coefficient (Wildman–Crippen LogP) is 0.797. The summed E-state index contributed by atoms with van der Waals surface area (Å²) in [5, 5.41) is 0. The molecule has 0 aliphatic carbocycles. The van der Waals surface area contributed by atoms with Crippen molar-refractivity contribution in [3.05, 3.63) is 0 Å². The maximum Gasteiger partial charge on any atom is 0.320 e. The number of carbonyl (C=O) groups is 1. The van der Waals surface area contributed by atoms with Crippen molar-refractivity contribution in [1.82, 2.24) is 9.80 Å². The lowest BCUT2D eigenvalue weighted by molar-refractivity contribution is 0.133. The summed E-state index contributed by atoms with van der Waals surface area (Å²) in [5.74, 6) is 0. The third-order valence-electron chi connectivity index (χ3n) is 2.67. The van der Waals surface area contributed by atoms with E-state index in [9.17, 15) is 4.79 Å². The number of carbonyl (C=O) groups excluding carboxylic acids is 1. The van der Waals surface area contributed by atoms with E-state index in [0.29, 0.717) is 13.2 Å². The van der Waals surface area contributed by atoms with E-state index in [1.807, 2.05) is 16.7 Å². The van der Waals surface area contributed by atoms with Gasteiger partial charge in [-0.2, -0.15) is 0 Å². The molecule has 0 N–H and O–H groups in total. The molecule has 5 nitrogen and oxygen atoms in total. The van der Waals surface area contributed by atoms with Crippen LogP contribution in [0.25, 0.3) is 0 Å². The summed E-state index contributed by atoms with van der Waals surface area (Å²) in [7, 11) is 1.65. The lowest BCUT2D eigenvalue weighted by atomic mass is 10.4. The Bertz CT molecular complexity index is 211. The second-order valence-corrected chi connectivity index (χ2v) is 3.80. The zero-order chi connectivity index (χ0) is 11.8. The van der Waals surface area contributed by atoms with Crippen molar-refractivity contribution in [2.75, 3.05) is 53.1 Å². The first-order valence-electron chi connectivity index (χ1n) is 5.90. The van der Waals surface area contributed by atoms with Gasteiger partial charge in [0, 0.05) is 46.5 Å². The van der Waals surface area contributed by atoms with Crippen molar-refractivity contribution in [1.29, 1.82) is 0 Å². The van der Waals surface area contributed by atoms with E-state index in [4.69, 9.17) is 9.47 Å². The van der Waals surface area contributed by atoms with Crippen LogP contribution in [0.5, 0.6) is 0 Å². The Hall–Kier alpha value is -0.810. The first-order chi connectivity index (χ1) is 7.79. The van der Waals surface area contributed by atoms with Gasteiger partial charge in [0.15, 0.2) is 0 Å². The lowest BCUT2D eigenvalue weighted by Gasteiger charge is -2.18. The van der Waals surface area contributed by atoms with Gasteiger partial charge in [0.2, 0.25) is 0 Å². The molecule has 0 radical (unpaired) electrons. The van der Waals surface area contributed by atoms with E-state index < -0.39 is 0 Å². The van der Waals surface area contributed by atoms with Crippen LogP contribution in [0.3, 0.4) is 0 Å². The fraction of sp³-hybridized carbons (Fsp3) is 0.909. The summed E-state index contributed by atoms with van der Waals surface area (Å²) in [5.41, 5.74) is 0. The molecule has 0 aromatic rings. The molecule has 16 heavy (non-hydrogen) atoms. The van der Waals surface area contributed by atoms with Crippen LogP contribution in [-0.2, 0) is 9.47 Å². The van der Waals surface area contributed by atoms with E-state index in [0.717, 1.165) is 39.3 Å². The molecule has 0 atom stereocenters. The standard InChI is InChI=1S/C11H22N2O3/c1-3-16-9-4-5-12-6-7-13(11(12)14)8-10-15-2/h3-10H2,1-2H3. The summed E-state index contributed by atoms with van der Waals surface area (Å²) >= 11 is 0. The summed E-state index contributed by atoms with van der Waals surface area (Å²) < 4.78 is 10.2. The Balaban J connectivity index is 2.17. The Morgan fingerprint density at radius 2 is 1.88 bits per heavy atom. The van der Waals surface area contributed by atoms with Crippen molar-refractivity contribution in [3.63, 3.8) is 0 Å². The van der Waals surface area contributed by atoms with Gasteiger partial charge in [-0.25, -0.2) is 4.79 Å². The first-order valence-corrected chi connectivity index (χ1v) is 5.90. The first kappa shape index (κ1) is 13.3. The van der Waals surface area contributed by atoms with Crippen molar-refractivity contribution in [3.8, 4) is 0 Å². The summed E-state index contributed by atoms with van der Waals surface area (Å²) in [4.78, 5) is 15.6. The molecule has 5 heteroatoms. The van der Waals surface area contributed by atoms with Crippen LogP contribution in [0.4, 0.5) is 4.79 Å². The molecule has 0 saturated carbocycles. The van der Waals surface area contributed by atoms with Gasteiger partial charge in [0.1, 0.15) is 0 Å². The molecule has 1 fully saturated rings. The topological polar surface area (TPSA) is 42.0 Å². The maximum absolute atomic E-state index is 11.8. The zero-order valence-electron chi connectivity index (χ0n) is 10.3. The highest BCUT2D eigenvalue weighted by atomic mass is 16.5. The van der Waals surface area contributed by atoms with Crippen molar-refractivity contribution >= 4 is 6.03 Å². The SMILES string of the molecule is CCOCCCN1CCN(CCOC)C1=O. The van der Waals surface area contributed by atoms with Crippen molar-refractivity contribution in [2.24, 2.45) is 0 Å². The number of methoxy groups -OCH3 is 1. The third kappa shape index (κ3) is 3.98. The Labute approximate surface area is 97.3 Å². The van der Waals surface area contributed by atoms with Gasteiger partial charge < -0.3 is 19.3 Å². The molecule has 0 bridgehead atoms. The molecule has 2 amide bonds. The Kier molecular flexibility index (Phi) is 6.18. The fourth-order valence-corrected chi connectivity index (χ4v) is 1.75. The predicted molar refractivity (Wildman–Crippen MR) is 61.5 cm³/mol. The minimum Gasteiger partial charge on any atom is -0.383 e. The number of amides is 2. The molecule has 1 aliphatic rings. The average Bonchev–Trinajstić information content (AvgIpc) is 2.64. The van der Waals surface area contributed by atoms with Gasteiger partial charge >= 0.3 is 6.03 Å². The highest BCUT2D eigenvalue weighted by molar-refractivity contribution is 5.76. The van der Waals surface area contributed by atoms with Gasteiger partial charge in [0.25, 0.3) is 0 Å². The van der Waals surface area contributed by atoms with Crippen LogP contribution in [0, 0.1) is 0 Å². The summed E-state index contributed by atoms with van der Waals surface area (Å²) in [6.45, 7) is 7.20. The van der Waals surface area contributed by atoms with Crippen molar-refractivity contribution < 1.29 is 14.3 Å². The highest BCUT2D eigenvalue weighted by Crippen LogP contribution is 2.08. The van der Waals surface area contributed by atoms with Crippen molar-refractivity contribution in [2.45, 2.75) is 13.3 Å². The molecular weight excluding hydrogens is 208 g/mol. The van der Waals surface area contributed by atoms with Gasteiger partial charge in [0.05, 0.1) is 6.61 Å². The largest absolute Gasteiger partial charge is 0.383 e. The van der Waals surface area contributed by atoms with Crippen LogP contribution in [0.1, 0.15) is 13.3 Å². The van der Waals surface area contributed by atoms with E-state index in [-0.39, 0.29) is 6.03 Å². The number of rotatable bonds is 8. The lowest BCUT2D eigenvalue weighted by Crippen LogP contribution is -2.34. The molecule has 1 rings (SSSR count). The number of ether oxygens (including phenoxy) is 2. The van der Waals surface area contributed by atoms with Crippen LogP contribution in [-0.4, -0.2) is 68.9 Å². The van der Waals surface area contributed by atoms with E-state index >= 15 is 0 Å². The number of urea groups is 1. The highest BCUT2D eigenvalue weighted by Gasteiger charge is 2.27. The molecule has 94 valence electrons. The smallest absolute Gasteiger partial charge is 0.320 e. The second kappa shape index (κ2) is 7.46. The maximum atomic E-state index is 11.8. The molecule has 0 aromatic carbocycles. The van der Waals surface area contributed by atoms with Crippen LogP contribution < -0.4 is 0 Å². The molecule has 0 unspecified atom stereocenters. The van der Waals surface area contributed by atoms with Gasteiger partial charge in [-0.15, -0.1) is 0 Å². The zero-order valence-corrected chi connectivity index (χ0v) is 10.3. The molecular formula is C11H22N2O3. The monoisotopic (exact) mass is 230 g/mol. The van der Waals surface area contributed by atoms with E-state index in [2.05, 4.69) is 0 Å². The molecule has 0 spiro atoms. The third-order valence-corrected chi connectivity index (χ3v) is 2.67. The quantitative estimate of drug-likeness (QED) is 0.579. The van der Waals surface area contributed by atoms with Crippen LogP contribution in [0.2, 0.25) is 0 Å². The normalized spacial score (nSPS) is 16.2. The Morgan fingerprint density at radius 1 is 1.19 bits per heavy atom. The summed E-state index contributed by atoms with van der Waals surface area (Å²) in [6.07, 6.45) is 0.914. The fourth-order valence-electron chi connectivity index (χ4n) is 1.75. The summed E-state index contributed by atoms with van der Waals surface area (Å²) in [6, 6.07) is 0.133. The number of hydrogen-bond donors (Lipinski definition) is 0. The Morgan fingerprint density at radius 3 is 2.50 bits per heavy atom. The van der Waals surface area contributed by atoms with E-state index in [1.54, 1.807) is 7.11 Å². The van der Waals surface area contributed by atoms with Gasteiger partial charge in [-0.3, -0.25) is 0 Å². The van der Waals surface area contributed by atoms with Crippen LogP contribution >= 0.6 is 0 Å². The number of hydrogen-bond acceptors (Lipinski definition) is 3. The van der Waals surface area contributed by atoms with Gasteiger partial charge in [-0.1, -0.05) is 0 Å². The second-order valence-electron chi connectivity index (χ2n) is 3.80. The molecule has 1 aliphatic heterocycles. The molecule has 1 saturated heterocycles. The van der Waals surface area contributed by atoms with E-state index in [1.165, 1.54) is 0 Å². The average molecular weight is 230 g/mol. The molecule has 0 aromatic heterocycles. The minimum atomic E-state index is 0.133. The number of nitrogens with zero attached hydrogens (tertiary/aromatic N) is 2.